The van der Waals surface area contributed by atoms with Crippen molar-refractivity contribution in [1.29, 1.82) is 0 Å². The lowest BCUT2D eigenvalue weighted by atomic mass is 9.86. The van der Waals surface area contributed by atoms with Crippen LogP contribution < -0.4 is 10.6 Å². The molecule has 1 aromatic rings. The van der Waals surface area contributed by atoms with Crippen LogP contribution in [-0.4, -0.2) is 39.9 Å². The highest BCUT2D eigenvalue weighted by Gasteiger charge is 2.31. The third-order valence-electron chi connectivity index (χ3n) is 5.66. The average molecular weight is 406 g/mol. The Kier molecular flexibility index (Phi) is 5.25. The number of carbonyl (C=O) groups is 2. The van der Waals surface area contributed by atoms with Gasteiger partial charge in [-0.05, 0) is 43.7 Å². The van der Waals surface area contributed by atoms with E-state index < -0.39 is 24.9 Å². The number of allylic oxidation sites excluding steroid dienone is 4. The smallest absolute Gasteiger partial charge is 0.306 e. The molecule has 28 heavy (non-hydrogen) atoms. The molecule has 0 spiro atoms. The topological polar surface area (TPSA) is 68.5 Å². The average Bonchev–Trinajstić information content (AvgIpc) is 3.01. The van der Waals surface area contributed by atoms with Crippen LogP contribution in [-0.2, 0) is 22.4 Å². The molecule has 0 aliphatic heterocycles. The lowest BCUT2D eigenvalue weighted by Gasteiger charge is -2.21. The number of ether oxygens (including phenoxy) is 1. The number of carbonyl (C=O) groups excluding carboxylic acids is 1. The highest BCUT2D eigenvalue weighted by Crippen LogP contribution is 2.25. The number of alkyl halides is 2. The third-order valence-corrected chi connectivity index (χ3v) is 5.98. The number of fused-ring (bicyclic) bond motifs is 3. The van der Waals surface area contributed by atoms with Crippen molar-refractivity contribution in [3.8, 4) is 0 Å². The van der Waals surface area contributed by atoms with E-state index in [4.69, 9.17) is 16.3 Å². The second-order valence-corrected chi connectivity index (χ2v) is 7.89. The zero-order chi connectivity index (χ0) is 19.8. The van der Waals surface area contributed by atoms with Gasteiger partial charge in [0.2, 0.25) is 0 Å². The summed E-state index contributed by atoms with van der Waals surface area (Å²) in [4.78, 5) is 24.8. The summed E-state index contributed by atoms with van der Waals surface area (Å²) >= 11 is 6.07. The Labute approximate surface area is 166 Å². The van der Waals surface area contributed by atoms with Gasteiger partial charge in [0.1, 0.15) is 0 Å². The molecule has 0 saturated heterocycles. The molecule has 1 heterocycles. The van der Waals surface area contributed by atoms with Gasteiger partial charge in [-0.2, -0.15) is 0 Å². The molecular weight excluding hydrogens is 385 g/mol. The first-order valence-electron chi connectivity index (χ1n) is 9.41. The highest BCUT2D eigenvalue weighted by molar-refractivity contribution is 6.22. The molecule has 3 atom stereocenters. The van der Waals surface area contributed by atoms with Gasteiger partial charge < -0.3 is 9.84 Å². The molecule has 0 aromatic carbocycles. The maximum absolute atomic E-state index is 13.3. The van der Waals surface area contributed by atoms with E-state index in [1.54, 1.807) is 16.7 Å². The van der Waals surface area contributed by atoms with Crippen molar-refractivity contribution in [2.75, 3.05) is 6.86 Å². The summed E-state index contributed by atoms with van der Waals surface area (Å²) in [5, 5.41) is 10.9. The molecule has 3 aliphatic carbocycles. The van der Waals surface area contributed by atoms with Gasteiger partial charge in [-0.15, -0.1) is 11.6 Å². The summed E-state index contributed by atoms with van der Waals surface area (Å²) in [5.41, 5.74) is 2.29. The number of aromatic nitrogens is 1. The standard InChI is InChI=1S/C21H21ClFNO4/c22-14-4-1-12(2-5-14)20(25)24-18-7-3-13(21(26)27)9-16(18)17-10-15(28-11-23)6-8-19(17)24/h1-2,4,8,10,13-15H,3,5-7,9,11H2,(H,26,27). The molecule has 0 radical (unpaired) electrons. The molecule has 0 amide bonds. The SMILES string of the molecule is O=C(O)C1CCc2c(c3c(n2C(=O)C2=CCC(Cl)C=C2)=CCC(OCF)C=3)C1. The summed E-state index contributed by atoms with van der Waals surface area (Å²) in [6.45, 7) is -0.888. The van der Waals surface area contributed by atoms with Crippen LogP contribution in [0, 0.1) is 5.92 Å². The van der Waals surface area contributed by atoms with Crippen LogP contribution in [0.4, 0.5) is 4.39 Å². The molecule has 3 unspecified atom stereocenters. The first-order valence-corrected chi connectivity index (χ1v) is 9.85. The fourth-order valence-corrected chi connectivity index (χ4v) is 4.41. The van der Waals surface area contributed by atoms with E-state index in [-0.39, 0.29) is 11.3 Å². The predicted octanol–water partition coefficient (Wildman–Crippen LogP) is 2.09. The minimum Gasteiger partial charge on any atom is -0.481 e. The minimum atomic E-state index is -0.888. The number of aliphatic carboxylic acids is 1. The number of halogens is 2. The molecule has 148 valence electrons. The first-order chi connectivity index (χ1) is 13.5. The summed E-state index contributed by atoms with van der Waals surface area (Å²) in [6.07, 6.45) is 11.1. The van der Waals surface area contributed by atoms with Crippen molar-refractivity contribution in [3.05, 3.63) is 45.6 Å². The van der Waals surface area contributed by atoms with Gasteiger partial charge in [0.25, 0.3) is 5.91 Å². The van der Waals surface area contributed by atoms with Gasteiger partial charge in [-0.1, -0.05) is 24.3 Å². The van der Waals surface area contributed by atoms with Crippen LogP contribution >= 0.6 is 11.6 Å². The Bertz CT molecular complexity index is 1010. The fourth-order valence-electron chi connectivity index (χ4n) is 4.25. The zero-order valence-corrected chi connectivity index (χ0v) is 16.0. The number of hydrogen-bond acceptors (Lipinski definition) is 3. The molecule has 1 N–H and O–H groups in total. The largest absolute Gasteiger partial charge is 0.481 e. The van der Waals surface area contributed by atoms with Crippen LogP contribution in [0.1, 0.15) is 35.3 Å². The van der Waals surface area contributed by atoms with Crippen LogP contribution in [0.15, 0.2) is 23.8 Å². The van der Waals surface area contributed by atoms with Gasteiger partial charge in [0, 0.05) is 16.5 Å². The van der Waals surface area contributed by atoms with E-state index >= 15 is 0 Å². The highest BCUT2D eigenvalue weighted by atomic mass is 35.5. The normalized spacial score (nSPS) is 25.8. The van der Waals surface area contributed by atoms with Crippen molar-refractivity contribution in [2.24, 2.45) is 5.92 Å². The van der Waals surface area contributed by atoms with E-state index in [0.717, 1.165) is 21.8 Å². The van der Waals surface area contributed by atoms with Gasteiger partial charge in [-0.3, -0.25) is 14.2 Å². The Morgan fingerprint density at radius 2 is 2.14 bits per heavy atom. The maximum atomic E-state index is 13.3. The first kappa shape index (κ1) is 19.2. The van der Waals surface area contributed by atoms with Crippen LogP contribution in [0.2, 0.25) is 0 Å². The Morgan fingerprint density at radius 1 is 1.32 bits per heavy atom. The summed E-state index contributed by atoms with van der Waals surface area (Å²) < 4.78 is 19.5. The predicted molar refractivity (Wildman–Crippen MR) is 103 cm³/mol. The third kappa shape index (κ3) is 3.35. The second-order valence-electron chi connectivity index (χ2n) is 7.33. The van der Waals surface area contributed by atoms with Gasteiger partial charge in [0.15, 0.2) is 6.86 Å². The van der Waals surface area contributed by atoms with Crippen molar-refractivity contribution in [1.82, 2.24) is 4.57 Å². The van der Waals surface area contributed by atoms with E-state index in [1.807, 2.05) is 18.2 Å². The number of nitrogens with zero attached hydrogens (tertiary/aromatic N) is 1. The molecule has 0 saturated carbocycles. The summed E-state index contributed by atoms with van der Waals surface area (Å²) in [6, 6.07) is 0. The number of rotatable bonds is 4. The van der Waals surface area contributed by atoms with E-state index in [9.17, 15) is 19.1 Å². The Morgan fingerprint density at radius 3 is 2.82 bits per heavy atom. The Hall–Kier alpha value is -2.18. The molecule has 4 rings (SSSR count). The quantitative estimate of drug-likeness (QED) is 0.779. The minimum absolute atomic E-state index is 0.112. The monoisotopic (exact) mass is 405 g/mol. The molecular formula is C21H21ClFNO4. The van der Waals surface area contributed by atoms with Crippen LogP contribution in [0.25, 0.3) is 12.2 Å². The molecule has 5 nitrogen and oxygen atoms in total. The van der Waals surface area contributed by atoms with Crippen LogP contribution in [0.3, 0.4) is 0 Å². The van der Waals surface area contributed by atoms with Crippen molar-refractivity contribution in [2.45, 2.75) is 43.6 Å². The van der Waals surface area contributed by atoms with Gasteiger partial charge in [-0.25, -0.2) is 4.39 Å². The van der Waals surface area contributed by atoms with Gasteiger partial charge in [0.05, 0.1) is 22.7 Å². The zero-order valence-electron chi connectivity index (χ0n) is 15.2. The lowest BCUT2D eigenvalue weighted by Crippen LogP contribution is -2.38. The molecule has 3 aliphatic rings. The van der Waals surface area contributed by atoms with Gasteiger partial charge >= 0.3 is 5.97 Å². The number of carboxylic acids is 1. The van der Waals surface area contributed by atoms with Crippen molar-refractivity contribution >= 4 is 35.6 Å². The summed E-state index contributed by atoms with van der Waals surface area (Å²) in [7, 11) is 0. The van der Waals surface area contributed by atoms with E-state index in [2.05, 4.69) is 0 Å². The van der Waals surface area contributed by atoms with E-state index in [1.165, 1.54) is 0 Å². The lowest BCUT2D eigenvalue weighted by molar-refractivity contribution is -0.142. The van der Waals surface area contributed by atoms with E-state index in [0.29, 0.717) is 37.7 Å². The molecule has 1 aromatic heterocycles. The van der Waals surface area contributed by atoms with Crippen LogP contribution in [0.5, 0.6) is 0 Å². The summed E-state index contributed by atoms with van der Waals surface area (Å²) in [5.74, 6) is -1.45. The molecule has 0 bridgehead atoms. The maximum Gasteiger partial charge on any atom is 0.306 e. The number of hydrogen-bond donors (Lipinski definition) is 1. The molecule has 0 fully saturated rings. The van der Waals surface area contributed by atoms with Crippen molar-refractivity contribution in [3.63, 3.8) is 0 Å². The molecule has 7 heteroatoms. The second kappa shape index (κ2) is 7.68. The van der Waals surface area contributed by atoms with Crippen molar-refractivity contribution < 1.29 is 23.8 Å². The Balaban J connectivity index is 1.84. The number of carboxylic acid groups (broad SMARTS) is 1. The fraction of sp³-hybridized carbons (Fsp3) is 0.429.